The van der Waals surface area contributed by atoms with Gasteiger partial charge in [-0.25, -0.2) is 4.98 Å². The minimum Gasteiger partial charge on any atom is -0.342 e. The summed E-state index contributed by atoms with van der Waals surface area (Å²) < 4.78 is 0. The molecule has 1 aliphatic rings. The van der Waals surface area contributed by atoms with Gasteiger partial charge < -0.3 is 9.88 Å². The van der Waals surface area contributed by atoms with Crippen LogP contribution in [0.15, 0.2) is 47.2 Å². The Kier molecular flexibility index (Phi) is 4.01. The second kappa shape index (κ2) is 6.66. The number of H-pyrrole nitrogens is 2. The first kappa shape index (κ1) is 16.3. The molecule has 3 aromatic heterocycles. The van der Waals surface area contributed by atoms with E-state index in [2.05, 4.69) is 15.2 Å². The van der Waals surface area contributed by atoms with E-state index in [1.807, 2.05) is 52.1 Å². The van der Waals surface area contributed by atoms with Crippen LogP contribution in [0.2, 0.25) is 0 Å². The summed E-state index contributed by atoms with van der Waals surface area (Å²) in [4.78, 5) is 23.0. The zero-order valence-corrected chi connectivity index (χ0v) is 15.5. The highest BCUT2D eigenvalue weighted by Gasteiger charge is 2.28. The number of hydrogen-bond acceptors (Lipinski definition) is 4. The topological polar surface area (TPSA) is 77.7 Å². The van der Waals surface area contributed by atoms with Crippen LogP contribution < -0.4 is 0 Å². The molecule has 0 radical (unpaired) electrons. The second-order valence-corrected chi connectivity index (χ2v) is 7.69. The van der Waals surface area contributed by atoms with Crippen molar-refractivity contribution in [1.29, 1.82) is 0 Å². The van der Waals surface area contributed by atoms with Gasteiger partial charge in [0, 0.05) is 30.0 Å². The third-order valence-corrected chi connectivity index (χ3v) is 5.81. The number of nitrogens with one attached hydrogen (secondary N) is 2. The van der Waals surface area contributed by atoms with Crippen molar-refractivity contribution in [3.8, 4) is 11.3 Å². The Hall–Kier alpha value is -2.93. The first-order valence-corrected chi connectivity index (χ1v) is 10.0. The van der Waals surface area contributed by atoms with Crippen molar-refractivity contribution in [1.82, 2.24) is 25.1 Å². The molecule has 1 atom stereocenters. The number of benzene rings is 1. The molecule has 4 aromatic rings. The normalized spacial score (nSPS) is 17.5. The molecule has 5 rings (SSSR count). The summed E-state index contributed by atoms with van der Waals surface area (Å²) in [6, 6.07) is 11.9. The van der Waals surface area contributed by atoms with Crippen LogP contribution in [0.5, 0.6) is 0 Å². The molecular weight excluding hydrogens is 358 g/mol. The minimum absolute atomic E-state index is 0.00444. The molecule has 1 aliphatic heterocycles. The number of piperidine rings is 1. The van der Waals surface area contributed by atoms with E-state index in [1.54, 1.807) is 11.3 Å². The monoisotopic (exact) mass is 377 g/mol. The number of para-hydroxylation sites is 2. The van der Waals surface area contributed by atoms with Crippen LogP contribution >= 0.6 is 11.3 Å². The lowest BCUT2D eigenvalue weighted by Gasteiger charge is -2.31. The number of thiophene rings is 1. The Morgan fingerprint density at radius 2 is 2.19 bits per heavy atom. The number of amides is 1. The summed E-state index contributed by atoms with van der Waals surface area (Å²) in [5, 5.41) is 11.2. The van der Waals surface area contributed by atoms with Gasteiger partial charge in [0.2, 0.25) is 0 Å². The van der Waals surface area contributed by atoms with Crippen LogP contribution in [0.1, 0.15) is 35.1 Å². The highest BCUT2D eigenvalue weighted by atomic mass is 32.1. The number of carbonyl (C=O) groups excluding carboxylic acids is 1. The van der Waals surface area contributed by atoms with Gasteiger partial charge in [-0.2, -0.15) is 16.4 Å². The molecule has 0 saturated carbocycles. The smallest absolute Gasteiger partial charge is 0.271 e. The van der Waals surface area contributed by atoms with E-state index in [-0.39, 0.29) is 11.8 Å². The van der Waals surface area contributed by atoms with E-state index in [9.17, 15) is 4.79 Å². The zero-order valence-electron chi connectivity index (χ0n) is 14.7. The lowest BCUT2D eigenvalue weighted by atomic mass is 9.97. The average Bonchev–Trinajstić information content (AvgIpc) is 3.47. The highest BCUT2D eigenvalue weighted by molar-refractivity contribution is 7.08. The fourth-order valence-corrected chi connectivity index (χ4v) is 4.36. The third-order valence-electron chi connectivity index (χ3n) is 5.13. The van der Waals surface area contributed by atoms with E-state index >= 15 is 0 Å². The number of fused-ring (bicyclic) bond motifs is 1. The molecule has 4 heterocycles. The lowest BCUT2D eigenvalue weighted by molar-refractivity contribution is 0.0699. The van der Waals surface area contributed by atoms with Crippen LogP contribution in [0.3, 0.4) is 0 Å². The van der Waals surface area contributed by atoms with Gasteiger partial charge in [-0.3, -0.25) is 9.89 Å². The van der Waals surface area contributed by atoms with Gasteiger partial charge >= 0.3 is 0 Å². The van der Waals surface area contributed by atoms with Gasteiger partial charge in [0.25, 0.3) is 5.91 Å². The Morgan fingerprint density at radius 1 is 1.26 bits per heavy atom. The Labute approximate surface area is 160 Å². The summed E-state index contributed by atoms with van der Waals surface area (Å²) >= 11 is 1.62. The van der Waals surface area contributed by atoms with Crippen molar-refractivity contribution >= 4 is 28.3 Å². The van der Waals surface area contributed by atoms with E-state index in [1.165, 1.54) is 0 Å². The summed E-state index contributed by atoms with van der Waals surface area (Å²) in [5.41, 5.74) is 4.41. The highest BCUT2D eigenvalue weighted by Crippen LogP contribution is 2.28. The summed E-state index contributed by atoms with van der Waals surface area (Å²) in [6.45, 7) is 1.44. The SMILES string of the molecule is O=C(c1cc(-c2ccsc2)n[nH]1)N1CCCC(c2nc3ccccc3[nH]2)C1. The van der Waals surface area contributed by atoms with Gasteiger partial charge in [0.05, 0.1) is 16.7 Å². The standard InChI is InChI=1S/C20H19N5OS/c26-20(18-10-17(23-24-18)14-7-9-27-12-14)25-8-3-4-13(11-25)19-21-15-5-1-2-6-16(15)22-19/h1-2,5-7,9-10,12-13H,3-4,8,11H2,(H,21,22)(H,23,24). The number of nitrogens with zero attached hydrogens (tertiary/aromatic N) is 3. The molecule has 6 nitrogen and oxygen atoms in total. The van der Waals surface area contributed by atoms with Gasteiger partial charge in [0.15, 0.2) is 0 Å². The Bertz CT molecular complexity index is 1050. The average molecular weight is 377 g/mol. The molecule has 0 aliphatic carbocycles. The first-order chi connectivity index (χ1) is 13.3. The maximum Gasteiger partial charge on any atom is 0.271 e. The van der Waals surface area contributed by atoms with Gasteiger partial charge in [-0.15, -0.1) is 0 Å². The van der Waals surface area contributed by atoms with Crippen LogP contribution in [0.4, 0.5) is 0 Å². The molecule has 136 valence electrons. The molecular formula is C20H19N5OS. The van der Waals surface area contributed by atoms with E-state index in [4.69, 9.17) is 4.98 Å². The van der Waals surface area contributed by atoms with Gasteiger partial charge in [0.1, 0.15) is 11.5 Å². The van der Waals surface area contributed by atoms with E-state index in [0.29, 0.717) is 12.2 Å². The summed E-state index contributed by atoms with van der Waals surface area (Å²) in [5.74, 6) is 1.21. The van der Waals surface area contributed by atoms with Crippen molar-refractivity contribution in [3.05, 3.63) is 58.7 Å². The van der Waals surface area contributed by atoms with Gasteiger partial charge in [-0.05, 0) is 42.5 Å². The molecule has 27 heavy (non-hydrogen) atoms. The number of aromatic amines is 2. The summed E-state index contributed by atoms with van der Waals surface area (Å²) in [6.07, 6.45) is 2.01. The number of aromatic nitrogens is 4. The van der Waals surface area contributed by atoms with Crippen molar-refractivity contribution in [2.45, 2.75) is 18.8 Å². The minimum atomic E-state index is 0.00444. The molecule has 1 saturated heterocycles. The molecule has 1 aromatic carbocycles. The predicted octanol–water partition coefficient (Wildman–Crippen LogP) is 4.03. The maximum atomic E-state index is 13.0. The molecule has 1 unspecified atom stereocenters. The number of carbonyl (C=O) groups is 1. The third kappa shape index (κ3) is 3.04. The number of likely N-dealkylation sites (tertiary alicyclic amines) is 1. The van der Waals surface area contributed by atoms with Crippen LogP contribution in [-0.2, 0) is 0 Å². The zero-order chi connectivity index (χ0) is 18.2. The molecule has 1 fully saturated rings. The largest absolute Gasteiger partial charge is 0.342 e. The van der Waals surface area contributed by atoms with Crippen molar-refractivity contribution in [2.24, 2.45) is 0 Å². The Balaban J connectivity index is 1.35. The predicted molar refractivity (Wildman–Crippen MR) is 106 cm³/mol. The van der Waals surface area contributed by atoms with Crippen LogP contribution in [-0.4, -0.2) is 44.1 Å². The van der Waals surface area contributed by atoms with Gasteiger partial charge in [-0.1, -0.05) is 12.1 Å². The molecule has 0 spiro atoms. The molecule has 1 amide bonds. The second-order valence-electron chi connectivity index (χ2n) is 6.91. The van der Waals surface area contributed by atoms with Crippen molar-refractivity contribution < 1.29 is 4.79 Å². The number of imidazole rings is 1. The fraction of sp³-hybridized carbons (Fsp3) is 0.250. The molecule has 7 heteroatoms. The molecule has 2 N–H and O–H groups in total. The fourth-order valence-electron chi connectivity index (χ4n) is 3.71. The summed E-state index contributed by atoms with van der Waals surface area (Å²) in [7, 11) is 0. The number of hydrogen-bond donors (Lipinski definition) is 2. The van der Waals surface area contributed by atoms with E-state index < -0.39 is 0 Å². The van der Waals surface area contributed by atoms with Crippen LogP contribution in [0.25, 0.3) is 22.3 Å². The quantitative estimate of drug-likeness (QED) is 0.566. The Morgan fingerprint density at radius 3 is 3.04 bits per heavy atom. The maximum absolute atomic E-state index is 13.0. The number of rotatable bonds is 3. The van der Waals surface area contributed by atoms with Crippen molar-refractivity contribution in [2.75, 3.05) is 13.1 Å². The van der Waals surface area contributed by atoms with Crippen LogP contribution in [0, 0.1) is 0 Å². The first-order valence-electron chi connectivity index (χ1n) is 9.10. The lowest BCUT2D eigenvalue weighted by Crippen LogP contribution is -2.39. The molecule has 0 bridgehead atoms. The van der Waals surface area contributed by atoms with E-state index in [0.717, 1.165) is 47.5 Å². The van der Waals surface area contributed by atoms with Crippen molar-refractivity contribution in [3.63, 3.8) is 0 Å².